The molecule has 15 heavy (non-hydrogen) atoms. The number of ether oxygens (including phenoxy) is 2. The molecule has 82 valence electrons. The highest BCUT2D eigenvalue weighted by atomic mass is 16.5. The molecule has 2 rings (SSSR count). The van der Waals surface area contributed by atoms with E-state index in [1.54, 1.807) is 7.11 Å². The number of hydrogen-bond donors (Lipinski definition) is 0. The van der Waals surface area contributed by atoms with Crippen molar-refractivity contribution in [2.45, 2.75) is 26.2 Å². The van der Waals surface area contributed by atoms with Crippen LogP contribution in [0.25, 0.3) is 0 Å². The molecule has 0 spiro atoms. The summed E-state index contributed by atoms with van der Waals surface area (Å²) in [5.41, 5.74) is 4.02. The van der Waals surface area contributed by atoms with Gasteiger partial charge >= 0.3 is 0 Å². The van der Waals surface area contributed by atoms with Gasteiger partial charge in [0.25, 0.3) is 0 Å². The Labute approximate surface area is 91.2 Å². The second-order valence-corrected chi connectivity index (χ2v) is 4.69. The van der Waals surface area contributed by atoms with Gasteiger partial charge in [-0.1, -0.05) is 13.0 Å². The van der Waals surface area contributed by atoms with Crippen molar-refractivity contribution >= 4 is 0 Å². The number of hydrogen-bond acceptors (Lipinski definition) is 2. The highest BCUT2D eigenvalue weighted by Gasteiger charge is 2.37. The first-order chi connectivity index (χ1) is 7.07. The van der Waals surface area contributed by atoms with Gasteiger partial charge < -0.3 is 9.47 Å². The molecule has 0 atom stereocenters. The maximum Gasteiger partial charge on any atom is 0.123 e. The van der Waals surface area contributed by atoms with Crippen LogP contribution in [0.5, 0.6) is 5.75 Å². The molecule has 1 heterocycles. The lowest BCUT2D eigenvalue weighted by Gasteiger charge is -2.39. The normalized spacial score (nSPS) is 18.4. The molecule has 0 bridgehead atoms. The minimum absolute atomic E-state index is 0.143. The number of aryl methyl sites for hydroxylation is 2. The smallest absolute Gasteiger partial charge is 0.123 e. The van der Waals surface area contributed by atoms with Gasteiger partial charge in [-0.05, 0) is 31.0 Å². The average molecular weight is 206 g/mol. The Hall–Kier alpha value is -1.02. The summed E-state index contributed by atoms with van der Waals surface area (Å²) < 4.78 is 10.8. The summed E-state index contributed by atoms with van der Waals surface area (Å²) >= 11 is 0. The Bertz CT molecular complexity index is 378. The summed E-state index contributed by atoms with van der Waals surface area (Å²) in [5, 5.41) is 0. The van der Waals surface area contributed by atoms with Gasteiger partial charge in [-0.2, -0.15) is 0 Å². The monoisotopic (exact) mass is 206 g/mol. The zero-order chi connectivity index (χ0) is 11.1. The van der Waals surface area contributed by atoms with Gasteiger partial charge in [0, 0.05) is 11.0 Å². The van der Waals surface area contributed by atoms with Gasteiger partial charge in [0.1, 0.15) is 5.75 Å². The highest BCUT2D eigenvalue weighted by molar-refractivity contribution is 5.46. The lowest BCUT2D eigenvalue weighted by molar-refractivity contribution is -0.0509. The van der Waals surface area contributed by atoms with Gasteiger partial charge in [0.2, 0.25) is 0 Å². The zero-order valence-corrected chi connectivity index (χ0v) is 9.89. The number of benzene rings is 1. The number of methoxy groups -OCH3 is 1. The first-order valence-corrected chi connectivity index (χ1v) is 5.30. The Morgan fingerprint density at radius 1 is 1.20 bits per heavy atom. The largest absolute Gasteiger partial charge is 0.496 e. The van der Waals surface area contributed by atoms with Crippen LogP contribution in [0.2, 0.25) is 0 Å². The fourth-order valence-corrected chi connectivity index (χ4v) is 1.99. The van der Waals surface area contributed by atoms with Gasteiger partial charge in [-0.3, -0.25) is 0 Å². The second kappa shape index (κ2) is 3.53. The quantitative estimate of drug-likeness (QED) is 0.740. The van der Waals surface area contributed by atoms with Crippen LogP contribution in [0.15, 0.2) is 12.1 Å². The third-order valence-corrected chi connectivity index (χ3v) is 3.31. The SMILES string of the molecule is COc1cc(C)c(C)cc1C1(C)COC1. The van der Waals surface area contributed by atoms with Crippen LogP contribution in [0.3, 0.4) is 0 Å². The summed E-state index contributed by atoms with van der Waals surface area (Å²) in [4.78, 5) is 0. The van der Waals surface area contributed by atoms with E-state index in [4.69, 9.17) is 9.47 Å². The Morgan fingerprint density at radius 2 is 1.80 bits per heavy atom. The predicted molar refractivity (Wildman–Crippen MR) is 60.6 cm³/mol. The lowest BCUT2D eigenvalue weighted by atomic mass is 9.79. The van der Waals surface area contributed by atoms with Crippen molar-refractivity contribution in [3.8, 4) is 5.75 Å². The topological polar surface area (TPSA) is 18.5 Å². The molecular formula is C13H18O2. The van der Waals surface area contributed by atoms with Crippen molar-refractivity contribution < 1.29 is 9.47 Å². The van der Waals surface area contributed by atoms with Gasteiger partial charge in [-0.25, -0.2) is 0 Å². The van der Waals surface area contributed by atoms with Crippen LogP contribution >= 0.6 is 0 Å². The summed E-state index contributed by atoms with van der Waals surface area (Å²) in [6, 6.07) is 4.35. The molecule has 0 unspecified atom stereocenters. The van der Waals surface area contributed by atoms with Crippen LogP contribution < -0.4 is 4.74 Å². The first kappa shape index (κ1) is 10.5. The number of rotatable bonds is 2. The van der Waals surface area contributed by atoms with E-state index in [1.807, 2.05) is 0 Å². The van der Waals surface area contributed by atoms with Crippen molar-refractivity contribution in [3.05, 3.63) is 28.8 Å². The molecule has 0 radical (unpaired) electrons. The van der Waals surface area contributed by atoms with Gasteiger partial charge in [0.05, 0.1) is 20.3 Å². The van der Waals surface area contributed by atoms with Crippen LogP contribution in [0.4, 0.5) is 0 Å². The van der Waals surface area contributed by atoms with E-state index in [1.165, 1.54) is 16.7 Å². The van der Waals surface area contributed by atoms with E-state index in [0.717, 1.165) is 19.0 Å². The fraction of sp³-hybridized carbons (Fsp3) is 0.538. The highest BCUT2D eigenvalue weighted by Crippen LogP contribution is 2.38. The van der Waals surface area contributed by atoms with Crippen molar-refractivity contribution in [2.24, 2.45) is 0 Å². The van der Waals surface area contributed by atoms with Crippen molar-refractivity contribution in [1.82, 2.24) is 0 Å². The predicted octanol–water partition coefficient (Wildman–Crippen LogP) is 2.60. The molecule has 1 aliphatic rings. The first-order valence-electron chi connectivity index (χ1n) is 5.30. The molecule has 1 aromatic carbocycles. The maximum atomic E-state index is 5.45. The van der Waals surface area contributed by atoms with Crippen molar-refractivity contribution in [2.75, 3.05) is 20.3 Å². The van der Waals surface area contributed by atoms with Gasteiger partial charge in [0.15, 0.2) is 0 Å². The molecule has 0 amide bonds. The minimum atomic E-state index is 0.143. The average Bonchev–Trinajstić information content (AvgIpc) is 2.18. The van der Waals surface area contributed by atoms with E-state index in [9.17, 15) is 0 Å². The Morgan fingerprint density at radius 3 is 2.27 bits per heavy atom. The van der Waals surface area contributed by atoms with Crippen LogP contribution in [-0.4, -0.2) is 20.3 Å². The molecule has 1 aromatic rings. The van der Waals surface area contributed by atoms with E-state index < -0.39 is 0 Å². The third kappa shape index (κ3) is 1.63. The Balaban J connectivity index is 2.49. The minimum Gasteiger partial charge on any atom is -0.496 e. The van der Waals surface area contributed by atoms with Crippen LogP contribution in [0, 0.1) is 13.8 Å². The van der Waals surface area contributed by atoms with Gasteiger partial charge in [-0.15, -0.1) is 0 Å². The molecule has 0 saturated carbocycles. The molecular weight excluding hydrogens is 188 g/mol. The molecule has 0 aromatic heterocycles. The third-order valence-electron chi connectivity index (χ3n) is 3.31. The van der Waals surface area contributed by atoms with Crippen LogP contribution in [0.1, 0.15) is 23.6 Å². The standard InChI is InChI=1S/C13H18O2/c1-9-5-11(13(3)7-15-8-13)12(14-4)6-10(9)2/h5-6H,7-8H2,1-4H3. The van der Waals surface area contributed by atoms with Crippen molar-refractivity contribution in [3.63, 3.8) is 0 Å². The molecule has 0 N–H and O–H groups in total. The van der Waals surface area contributed by atoms with E-state index in [2.05, 4.69) is 32.9 Å². The molecule has 1 saturated heterocycles. The zero-order valence-electron chi connectivity index (χ0n) is 9.89. The lowest BCUT2D eigenvalue weighted by Crippen LogP contribution is -2.44. The van der Waals surface area contributed by atoms with Crippen molar-refractivity contribution in [1.29, 1.82) is 0 Å². The molecule has 1 fully saturated rings. The summed E-state index contributed by atoms with van der Waals surface area (Å²) in [5.74, 6) is 0.990. The van der Waals surface area contributed by atoms with E-state index in [-0.39, 0.29) is 5.41 Å². The van der Waals surface area contributed by atoms with E-state index in [0.29, 0.717) is 0 Å². The maximum absolute atomic E-state index is 5.45. The molecule has 0 aliphatic carbocycles. The molecule has 2 nitrogen and oxygen atoms in total. The van der Waals surface area contributed by atoms with E-state index >= 15 is 0 Å². The summed E-state index contributed by atoms with van der Waals surface area (Å²) in [7, 11) is 1.73. The van der Waals surface area contributed by atoms with Crippen LogP contribution in [-0.2, 0) is 10.2 Å². The summed E-state index contributed by atoms with van der Waals surface area (Å²) in [6.07, 6.45) is 0. The second-order valence-electron chi connectivity index (χ2n) is 4.69. The fourth-order valence-electron chi connectivity index (χ4n) is 1.99. The molecule has 2 heteroatoms. The summed E-state index contributed by atoms with van der Waals surface area (Å²) in [6.45, 7) is 8.07. The Kier molecular flexibility index (Phi) is 2.47. The molecule has 1 aliphatic heterocycles.